The van der Waals surface area contributed by atoms with Crippen molar-refractivity contribution in [2.24, 2.45) is 0 Å². The summed E-state index contributed by atoms with van der Waals surface area (Å²) in [6.45, 7) is 3.59. The number of nitrogens with zero attached hydrogens (tertiary/aromatic N) is 1. The molecule has 2 N–H and O–H groups in total. The van der Waals surface area contributed by atoms with E-state index in [0.29, 0.717) is 6.42 Å². The lowest BCUT2D eigenvalue weighted by Crippen LogP contribution is -2.48. The smallest absolute Gasteiger partial charge is 0.408 e. The summed E-state index contributed by atoms with van der Waals surface area (Å²) in [4.78, 5) is 27.1. The minimum absolute atomic E-state index is 0.0377. The van der Waals surface area contributed by atoms with Gasteiger partial charge in [-0.3, -0.25) is 4.79 Å². The molecular formula is C11H15N3O3S. The average molecular weight is 269 g/mol. The van der Waals surface area contributed by atoms with Gasteiger partial charge in [-0.05, 0) is 13.8 Å². The van der Waals surface area contributed by atoms with Crippen molar-refractivity contribution in [3.05, 3.63) is 16.6 Å². The lowest BCUT2D eigenvalue weighted by atomic mass is 10.1. The van der Waals surface area contributed by atoms with Crippen LogP contribution in [0.25, 0.3) is 0 Å². The summed E-state index contributed by atoms with van der Waals surface area (Å²) in [5.41, 5.74) is 2.71. The Morgan fingerprint density at radius 1 is 1.72 bits per heavy atom. The molecule has 18 heavy (non-hydrogen) atoms. The summed E-state index contributed by atoms with van der Waals surface area (Å²) in [5.74, 6) is -0.226. The minimum Gasteiger partial charge on any atom is -0.444 e. The molecule has 1 aliphatic heterocycles. The molecule has 0 spiro atoms. The summed E-state index contributed by atoms with van der Waals surface area (Å²) in [6.07, 6.45) is -0.315. The van der Waals surface area contributed by atoms with Gasteiger partial charge in [-0.1, -0.05) is 0 Å². The van der Waals surface area contributed by atoms with E-state index < -0.39 is 18.2 Å². The number of amides is 2. The number of aromatic nitrogens is 1. The first kappa shape index (κ1) is 12.8. The zero-order valence-corrected chi connectivity index (χ0v) is 11.0. The third-order valence-corrected chi connectivity index (χ3v) is 3.34. The summed E-state index contributed by atoms with van der Waals surface area (Å²) in [7, 11) is 0. The normalized spacial score (nSPS) is 24.2. The molecule has 7 heteroatoms. The first-order valence-corrected chi connectivity index (χ1v) is 6.65. The molecule has 0 aliphatic carbocycles. The summed E-state index contributed by atoms with van der Waals surface area (Å²) in [6, 6.07) is -0.653. The summed E-state index contributed by atoms with van der Waals surface area (Å²) < 4.78 is 4.86. The van der Waals surface area contributed by atoms with Crippen LogP contribution in [-0.2, 0) is 16.0 Å². The lowest BCUT2D eigenvalue weighted by Gasteiger charge is -2.17. The van der Waals surface area contributed by atoms with Gasteiger partial charge in [0.2, 0.25) is 5.91 Å². The van der Waals surface area contributed by atoms with Gasteiger partial charge in [0.15, 0.2) is 0 Å². The average Bonchev–Trinajstić information content (AvgIpc) is 2.88. The Balaban J connectivity index is 1.85. The van der Waals surface area contributed by atoms with E-state index in [1.807, 2.05) is 12.3 Å². The highest BCUT2D eigenvalue weighted by atomic mass is 32.1. The fourth-order valence-electron chi connectivity index (χ4n) is 1.83. The molecule has 1 unspecified atom stereocenters. The lowest BCUT2D eigenvalue weighted by molar-refractivity contribution is -0.124. The highest BCUT2D eigenvalue weighted by molar-refractivity contribution is 7.07. The molecule has 1 aromatic heterocycles. The van der Waals surface area contributed by atoms with E-state index in [0.717, 1.165) is 5.69 Å². The van der Waals surface area contributed by atoms with Gasteiger partial charge in [-0.25, -0.2) is 9.78 Å². The number of ether oxygens (including phenoxy) is 1. The van der Waals surface area contributed by atoms with Crippen LogP contribution in [0.2, 0.25) is 0 Å². The van der Waals surface area contributed by atoms with E-state index in [1.165, 1.54) is 11.3 Å². The van der Waals surface area contributed by atoms with Crippen molar-refractivity contribution >= 4 is 23.3 Å². The molecule has 6 nitrogen and oxygen atoms in total. The second-order valence-corrected chi connectivity index (χ2v) is 5.04. The van der Waals surface area contributed by atoms with Crippen LogP contribution in [0.3, 0.4) is 0 Å². The fourth-order valence-corrected chi connectivity index (χ4v) is 2.40. The molecule has 2 rings (SSSR count). The van der Waals surface area contributed by atoms with Crippen molar-refractivity contribution in [1.29, 1.82) is 0 Å². The van der Waals surface area contributed by atoms with Crippen LogP contribution in [0.1, 0.15) is 19.5 Å². The summed E-state index contributed by atoms with van der Waals surface area (Å²) >= 11 is 1.53. The standard InChI is InChI=1S/C11H15N3O3S/c1-6(3-8-4-18-5-12-8)13-10(15)9-7(2)17-11(16)14-9/h4-7,9H,3H2,1-2H3,(H,13,15)(H,14,16)/t6-,7+,9?/m1/s1. The molecule has 0 radical (unpaired) electrons. The molecule has 2 heterocycles. The molecule has 1 saturated heterocycles. The second kappa shape index (κ2) is 5.34. The van der Waals surface area contributed by atoms with Crippen molar-refractivity contribution in [3.63, 3.8) is 0 Å². The second-order valence-electron chi connectivity index (χ2n) is 4.33. The number of nitrogens with one attached hydrogen (secondary N) is 2. The molecule has 0 saturated carbocycles. The van der Waals surface area contributed by atoms with Gasteiger partial charge < -0.3 is 15.4 Å². The molecular weight excluding hydrogens is 254 g/mol. The number of carbonyl (C=O) groups excluding carboxylic acids is 2. The first-order chi connectivity index (χ1) is 8.56. The van der Waals surface area contributed by atoms with Crippen LogP contribution in [-0.4, -0.2) is 35.2 Å². The predicted molar refractivity (Wildman–Crippen MR) is 66.3 cm³/mol. The Morgan fingerprint density at radius 3 is 3.06 bits per heavy atom. The zero-order valence-electron chi connectivity index (χ0n) is 10.2. The number of hydrogen-bond donors (Lipinski definition) is 2. The molecule has 1 fully saturated rings. The molecule has 0 bridgehead atoms. The van der Waals surface area contributed by atoms with Crippen LogP contribution in [0, 0.1) is 0 Å². The van der Waals surface area contributed by atoms with Crippen molar-refractivity contribution in [2.45, 2.75) is 38.5 Å². The minimum atomic E-state index is -0.615. The first-order valence-electron chi connectivity index (χ1n) is 5.71. The van der Waals surface area contributed by atoms with Gasteiger partial charge in [0.1, 0.15) is 12.1 Å². The number of rotatable bonds is 4. The van der Waals surface area contributed by atoms with Crippen LogP contribution in [0.5, 0.6) is 0 Å². The van der Waals surface area contributed by atoms with Gasteiger partial charge in [0.25, 0.3) is 0 Å². The zero-order chi connectivity index (χ0) is 13.1. The van der Waals surface area contributed by atoms with E-state index >= 15 is 0 Å². The fraction of sp³-hybridized carbons (Fsp3) is 0.545. The van der Waals surface area contributed by atoms with Crippen LogP contribution in [0.15, 0.2) is 10.9 Å². The molecule has 98 valence electrons. The van der Waals surface area contributed by atoms with Gasteiger partial charge in [0.05, 0.1) is 11.2 Å². The highest BCUT2D eigenvalue weighted by Crippen LogP contribution is 2.09. The molecule has 3 atom stereocenters. The maximum Gasteiger partial charge on any atom is 0.408 e. The van der Waals surface area contributed by atoms with Gasteiger partial charge >= 0.3 is 6.09 Å². The highest BCUT2D eigenvalue weighted by Gasteiger charge is 2.36. The number of alkyl carbamates (subject to hydrolysis) is 1. The Kier molecular flexibility index (Phi) is 3.81. The Morgan fingerprint density at radius 2 is 2.50 bits per heavy atom. The Hall–Kier alpha value is -1.63. The molecule has 1 aliphatic rings. The Labute approximate surface area is 109 Å². The van der Waals surface area contributed by atoms with E-state index in [9.17, 15) is 9.59 Å². The SMILES string of the molecule is C[C@H](Cc1cscn1)NC(=O)C1NC(=O)O[C@H]1C. The van der Waals surface area contributed by atoms with Gasteiger partial charge in [0, 0.05) is 17.8 Å². The van der Waals surface area contributed by atoms with Crippen LogP contribution in [0.4, 0.5) is 4.79 Å². The van der Waals surface area contributed by atoms with Crippen molar-refractivity contribution < 1.29 is 14.3 Å². The Bertz CT molecular complexity index is 435. The van der Waals surface area contributed by atoms with Gasteiger partial charge in [-0.2, -0.15) is 0 Å². The van der Waals surface area contributed by atoms with Gasteiger partial charge in [-0.15, -0.1) is 11.3 Å². The molecule has 2 amide bonds. The summed E-state index contributed by atoms with van der Waals surface area (Å²) in [5, 5.41) is 7.27. The van der Waals surface area contributed by atoms with Crippen molar-refractivity contribution in [2.75, 3.05) is 0 Å². The maximum atomic E-state index is 11.9. The third-order valence-electron chi connectivity index (χ3n) is 2.71. The number of thiazole rings is 1. The van der Waals surface area contributed by atoms with Crippen LogP contribution >= 0.6 is 11.3 Å². The van der Waals surface area contributed by atoms with Crippen molar-refractivity contribution in [1.82, 2.24) is 15.6 Å². The number of hydrogen-bond acceptors (Lipinski definition) is 5. The van der Waals surface area contributed by atoms with Crippen molar-refractivity contribution in [3.8, 4) is 0 Å². The number of carbonyl (C=O) groups is 2. The molecule has 1 aromatic rings. The third kappa shape index (κ3) is 2.98. The van der Waals surface area contributed by atoms with E-state index in [2.05, 4.69) is 15.6 Å². The molecule has 0 aromatic carbocycles. The van der Waals surface area contributed by atoms with E-state index in [-0.39, 0.29) is 11.9 Å². The largest absolute Gasteiger partial charge is 0.444 e. The monoisotopic (exact) mass is 269 g/mol. The van der Waals surface area contributed by atoms with E-state index in [4.69, 9.17) is 4.74 Å². The maximum absolute atomic E-state index is 11.9. The quantitative estimate of drug-likeness (QED) is 0.842. The predicted octanol–water partition coefficient (Wildman–Crippen LogP) is 0.687. The van der Waals surface area contributed by atoms with E-state index in [1.54, 1.807) is 12.4 Å². The number of cyclic esters (lactones) is 1. The van der Waals surface area contributed by atoms with Crippen LogP contribution < -0.4 is 10.6 Å². The topological polar surface area (TPSA) is 80.3 Å².